The molecule has 0 bridgehead atoms. The van der Waals surface area contributed by atoms with Crippen LogP contribution < -0.4 is 11.1 Å². The predicted molar refractivity (Wildman–Crippen MR) is 74.4 cm³/mol. The molecule has 0 aromatic carbocycles. The number of hydrogen-bond acceptors (Lipinski definition) is 5. The molecule has 0 fully saturated rings. The molecular weight excluding hydrogens is 295 g/mol. The molecule has 1 heterocycles. The van der Waals surface area contributed by atoms with Crippen molar-refractivity contribution in [3.63, 3.8) is 0 Å². The lowest BCUT2D eigenvalue weighted by Gasteiger charge is -2.15. The van der Waals surface area contributed by atoms with Gasteiger partial charge in [0.1, 0.15) is 6.04 Å². The van der Waals surface area contributed by atoms with E-state index >= 15 is 0 Å². The number of methoxy groups -OCH3 is 1. The lowest BCUT2D eigenvalue weighted by molar-refractivity contribution is -0.145. The van der Waals surface area contributed by atoms with E-state index in [0.29, 0.717) is 6.42 Å². The molecule has 0 spiro atoms. The number of amides is 1. The molecule has 9 heteroatoms. The van der Waals surface area contributed by atoms with Crippen LogP contribution in [0.3, 0.4) is 0 Å². The van der Waals surface area contributed by atoms with E-state index in [0.717, 1.165) is 5.69 Å². The van der Waals surface area contributed by atoms with Crippen LogP contribution in [-0.2, 0) is 20.7 Å². The zero-order chi connectivity index (χ0) is 12.7. The number of aromatic amines is 1. The summed E-state index contributed by atoms with van der Waals surface area (Å²) >= 11 is 0. The highest BCUT2D eigenvalue weighted by atomic mass is 35.5. The first-order valence-corrected chi connectivity index (χ1v) is 5.22. The van der Waals surface area contributed by atoms with Gasteiger partial charge in [-0.3, -0.25) is 4.79 Å². The summed E-state index contributed by atoms with van der Waals surface area (Å²) in [5.74, 6) is -0.771. The molecule has 0 saturated carbocycles. The molecule has 19 heavy (non-hydrogen) atoms. The largest absolute Gasteiger partial charge is 0.467 e. The average molecular weight is 313 g/mol. The standard InChI is InChI=1S/C10H16N4O3.2ClH/c1-17-10(16)8(14-9(15)2-3-11)4-7-5-12-6-13-7;;/h5-6,8H,2-4,11H2,1H3,(H,12,13)(H,14,15);2*1H. The lowest BCUT2D eigenvalue weighted by Crippen LogP contribution is -2.43. The Morgan fingerprint density at radius 1 is 1.53 bits per heavy atom. The van der Waals surface area contributed by atoms with Crippen LogP contribution in [0.4, 0.5) is 0 Å². The van der Waals surface area contributed by atoms with E-state index in [1.807, 2.05) is 0 Å². The van der Waals surface area contributed by atoms with Gasteiger partial charge < -0.3 is 20.8 Å². The van der Waals surface area contributed by atoms with Crippen LogP contribution >= 0.6 is 24.8 Å². The van der Waals surface area contributed by atoms with Gasteiger partial charge >= 0.3 is 5.97 Å². The summed E-state index contributed by atoms with van der Waals surface area (Å²) in [5, 5.41) is 2.57. The number of carbonyl (C=O) groups excluding carboxylic acids is 2. The second-order valence-corrected chi connectivity index (χ2v) is 3.46. The summed E-state index contributed by atoms with van der Waals surface area (Å²) in [6, 6.07) is -0.723. The SMILES string of the molecule is COC(=O)C(Cc1cnc[nH]1)NC(=O)CCN.Cl.Cl. The molecule has 0 aliphatic rings. The van der Waals surface area contributed by atoms with Crippen molar-refractivity contribution in [2.75, 3.05) is 13.7 Å². The molecule has 1 amide bonds. The van der Waals surface area contributed by atoms with Crippen molar-refractivity contribution in [2.24, 2.45) is 5.73 Å². The minimum absolute atomic E-state index is 0. The first-order valence-electron chi connectivity index (χ1n) is 5.22. The van der Waals surface area contributed by atoms with E-state index in [9.17, 15) is 9.59 Å². The van der Waals surface area contributed by atoms with Gasteiger partial charge in [-0.1, -0.05) is 0 Å². The number of esters is 1. The van der Waals surface area contributed by atoms with Crippen LogP contribution in [0.25, 0.3) is 0 Å². The van der Waals surface area contributed by atoms with E-state index < -0.39 is 12.0 Å². The van der Waals surface area contributed by atoms with Crippen LogP contribution in [0.2, 0.25) is 0 Å². The smallest absolute Gasteiger partial charge is 0.328 e. The molecule has 0 radical (unpaired) electrons. The van der Waals surface area contributed by atoms with Crippen molar-refractivity contribution in [2.45, 2.75) is 18.9 Å². The van der Waals surface area contributed by atoms with Gasteiger partial charge in [-0.25, -0.2) is 9.78 Å². The van der Waals surface area contributed by atoms with Crippen molar-refractivity contribution in [1.29, 1.82) is 0 Å². The third kappa shape index (κ3) is 7.00. The Hall–Kier alpha value is -1.31. The summed E-state index contributed by atoms with van der Waals surface area (Å²) < 4.78 is 4.62. The van der Waals surface area contributed by atoms with Gasteiger partial charge in [-0.15, -0.1) is 24.8 Å². The van der Waals surface area contributed by atoms with E-state index in [2.05, 4.69) is 20.0 Å². The summed E-state index contributed by atoms with van der Waals surface area (Å²) in [6.07, 6.45) is 3.58. The first-order chi connectivity index (χ1) is 8.17. The van der Waals surface area contributed by atoms with Crippen molar-refractivity contribution in [3.8, 4) is 0 Å². The average Bonchev–Trinajstić information content (AvgIpc) is 2.80. The number of nitrogens with zero attached hydrogens (tertiary/aromatic N) is 1. The molecule has 7 nitrogen and oxygen atoms in total. The third-order valence-corrected chi connectivity index (χ3v) is 2.17. The molecule has 1 unspecified atom stereocenters. The molecule has 110 valence electrons. The number of carbonyl (C=O) groups is 2. The second kappa shape index (κ2) is 10.6. The Balaban J connectivity index is 0. The Morgan fingerprint density at radius 2 is 2.21 bits per heavy atom. The van der Waals surface area contributed by atoms with Crippen LogP contribution in [0.15, 0.2) is 12.5 Å². The van der Waals surface area contributed by atoms with Gasteiger partial charge in [0.05, 0.1) is 13.4 Å². The van der Waals surface area contributed by atoms with E-state index in [1.165, 1.54) is 13.4 Å². The quantitative estimate of drug-likeness (QED) is 0.630. The van der Waals surface area contributed by atoms with E-state index in [1.54, 1.807) is 6.20 Å². The molecule has 0 aliphatic heterocycles. The Bertz CT molecular complexity index is 373. The molecule has 1 aromatic heterocycles. The summed E-state index contributed by atoms with van der Waals surface area (Å²) in [7, 11) is 1.28. The van der Waals surface area contributed by atoms with Crippen LogP contribution in [0.5, 0.6) is 0 Å². The van der Waals surface area contributed by atoms with Crippen molar-refractivity contribution < 1.29 is 14.3 Å². The summed E-state index contributed by atoms with van der Waals surface area (Å²) in [5.41, 5.74) is 6.00. The van der Waals surface area contributed by atoms with Gasteiger partial charge in [0.25, 0.3) is 0 Å². The number of rotatable bonds is 6. The number of halogens is 2. The number of imidazole rings is 1. The van der Waals surface area contributed by atoms with Crippen molar-refractivity contribution >= 4 is 36.7 Å². The molecule has 1 atom stereocenters. The highest BCUT2D eigenvalue weighted by molar-refractivity contribution is 5.86. The highest BCUT2D eigenvalue weighted by Gasteiger charge is 2.22. The maximum Gasteiger partial charge on any atom is 0.328 e. The van der Waals surface area contributed by atoms with Gasteiger partial charge in [0.15, 0.2) is 0 Å². The maximum absolute atomic E-state index is 11.5. The minimum Gasteiger partial charge on any atom is -0.467 e. The van der Waals surface area contributed by atoms with Crippen LogP contribution in [0, 0.1) is 0 Å². The first kappa shape index (κ1) is 20.0. The molecular formula is C10H18Cl2N4O3. The Morgan fingerprint density at radius 3 is 2.68 bits per heavy atom. The zero-order valence-corrected chi connectivity index (χ0v) is 12.1. The number of nitrogens with one attached hydrogen (secondary N) is 2. The zero-order valence-electron chi connectivity index (χ0n) is 10.4. The Kier molecular flexibility index (Phi) is 11.2. The van der Waals surface area contributed by atoms with Crippen molar-refractivity contribution in [3.05, 3.63) is 18.2 Å². The molecule has 4 N–H and O–H groups in total. The monoisotopic (exact) mass is 312 g/mol. The fourth-order valence-electron chi connectivity index (χ4n) is 1.35. The minimum atomic E-state index is -0.723. The summed E-state index contributed by atoms with van der Waals surface area (Å²) in [4.78, 5) is 29.5. The maximum atomic E-state index is 11.5. The number of hydrogen-bond donors (Lipinski definition) is 3. The number of nitrogens with two attached hydrogens (primary N) is 1. The van der Waals surface area contributed by atoms with Crippen molar-refractivity contribution in [1.82, 2.24) is 15.3 Å². The number of ether oxygens (including phenoxy) is 1. The van der Waals surface area contributed by atoms with Gasteiger partial charge in [0, 0.05) is 31.3 Å². The topological polar surface area (TPSA) is 110 Å². The number of aromatic nitrogens is 2. The fraction of sp³-hybridized carbons (Fsp3) is 0.500. The van der Waals surface area contributed by atoms with Gasteiger partial charge in [-0.2, -0.15) is 0 Å². The van der Waals surface area contributed by atoms with Crippen LogP contribution in [0.1, 0.15) is 12.1 Å². The fourth-order valence-corrected chi connectivity index (χ4v) is 1.35. The molecule has 0 saturated heterocycles. The van der Waals surface area contributed by atoms with E-state index in [-0.39, 0.29) is 43.7 Å². The van der Waals surface area contributed by atoms with Gasteiger partial charge in [-0.05, 0) is 0 Å². The van der Waals surface area contributed by atoms with E-state index in [4.69, 9.17) is 5.73 Å². The summed E-state index contributed by atoms with van der Waals surface area (Å²) in [6.45, 7) is 0.240. The third-order valence-electron chi connectivity index (χ3n) is 2.17. The number of H-pyrrole nitrogens is 1. The second-order valence-electron chi connectivity index (χ2n) is 3.46. The Labute approximate surface area is 123 Å². The molecule has 1 rings (SSSR count). The lowest BCUT2D eigenvalue weighted by atomic mass is 10.1. The van der Waals surface area contributed by atoms with Crippen LogP contribution in [-0.4, -0.2) is 41.5 Å². The highest BCUT2D eigenvalue weighted by Crippen LogP contribution is 2.00. The predicted octanol–water partition coefficient (Wildman–Crippen LogP) is -0.198. The molecule has 0 aliphatic carbocycles. The molecule has 1 aromatic rings. The van der Waals surface area contributed by atoms with Gasteiger partial charge in [0.2, 0.25) is 5.91 Å². The normalized spacial score (nSPS) is 10.6.